The van der Waals surface area contributed by atoms with Gasteiger partial charge in [0, 0.05) is 31.1 Å². The van der Waals surface area contributed by atoms with Crippen LogP contribution in [0.1, 0.15) is 47.9 Å². The van der Waals surface area contributed by atoms with Gasteiger partial charge in [-0.2, -0.15) is 17.5 Å². The summed E-state index contributed by atoms with van der Waals surface area (Å²) in [5, 5.41) is 2.93. The van der Waals surface area contributed by atoms with Gasteiger partial charge in [0.15, 0.2) is 11.6 Å². The van der Waals surface area contributed by atoms with Crippen molar-refractivity contribution in [2.24, 2.45) is 11.8 Å². The molecule has 41 heavy (non-hydrogen) atoms. The standard InChI is InChI=1S/C30H31F5N2O3S/c1-20-9-11-21(12-10-20)17-36-29(38)23-15-13-22(14-16-23)18-37(19-24-5-4-7-26(31)28(24)32)41(39,40)27-8-3-2-6-25(27)30(33,34)35/h2-12,22-23H,13-19H2,1H3,(H,36,38). The second kappa shape index (κ2) is 12.7. The Balaban J connectivity index is 1.50. The molecule has 0 spiro atoms. The Labute approximate surface area is 236 Å². The molecule has 0 heterocycles. The first kappa shape index (κ1) is 30.6. The van der Waals surface area contributed by atoms with Gasteiger partial charge in [0.25, 0.3) is 0 Å². The largest absolute Gasteiger partial charge is 0.417 e. The zero-order chi connectivity index (χ0) is 29.8. The summed E-state index contributed by atoms with van der Waals surface area (Å²) in [5.41, 5.74) is 0.444. The summed E-state index contributed by atoms with van der Waals surface area (Å²) in [7, 11) is -4.77. The van der Waals surface area contributed by atoms with Crippen molar-refractivity contribution in [2.75, 3.05) is 6.54 Å². The van der Waals surface area contributed by atoms with Gasteiger partial charge in [-0.15, -0.1) is 0 Å². The zero-order valence-corrected chi connectivity index (χ0v) is 23.2. The van der Waals surface area contributed by atoms with E-state index < -0.39 is 44.8 Å². The number of amides is 1. The van der Waals surface area contributed by atoms with E-state index in [0.29, 0.717) is 38.3 Å². The lowest BCUT2D eigenvalue weighted by Crippen LogP contribution is -2.39. The van der Waals surface area contributed by atoms with Crippen LogP contribution in [-0.2, 0) is 34.1 Å². The summed E-state index contributed by atoms with van der Waals surface area (Å²) < 4.78 is 97.7. The van der Waals surface area contributed by atoms with E-state index in [4.69, 9.17) is 0 Å². The van der Waals surface area contributed by atoms with Crippen LogP contribution in [0.15, 0.2) is 71.6 Å². The van der Waals surface area contributed by atoms with E-state index in [9.17, 15) is 35.2 Å². The van der Waals surface area contributed by atoms with Gasteiger partial charge >= 0.3 is 6.18 Å². The minimum absolute atomic E-state index is 0.116. The van der Waals surface area contributed by atoms with E-state index in [1.807, 2.05) is 31.2 Å². The van der Waals surface area contributed by atoms with E-state index in [0.717, 1.165) is 33.6 Å². The van der Waals surface area contributed by atoms with Crippen molar-refractivity contribution >= 4 is 15.9 Å². The highest BCUT2D eigenvalue weighted by Crippen LogP contribution is 2.37. The molecular formula is C30H31F5N2O3S. The van der Waals surface area contributed by atoms with Crippen LogP contribution in [0.4, 0.5) is 22.0 Å². The molecule has 1 N–H and O–H groups in total. The third-order valence-electron chi connectivity index (χ3n) is 7.46. The fourth-order valence-electron chi connectivity index (χ4n) is 5.11. The van der Waals surface area contributed by atoms with Crippen molar-refractivity contribution in [1.29, 1.82) is 0 Å². The molecule has 0 bridgehead atoms. The molecule has 0 radical (unpaired) electrons. The number of hydrogen-bond donors (Lipinski definition) is 1. The van der Waals surface area contributed by atoms with Crippen molar-refractivity contribution in [2.45, 2.75) is 56.8 Å². The molecule has 5 nitrogen and oxygen atoms in total. The number of sulfonamides is 1. The maximum absolute atomic E-state index is 14.5. The Kier molecular flexibility index (Phi) is 9.48. The summed E-state index contributed by atoms with van der Waals surface area (Å²) >= 11 is 0. The minimum atomic E-state index is -4.94. The van der Waals surface area contributed by atoms with E-state index in [2.05, 4.69) is 5.32 Å². The van der Waals surface area contributed by atoms with Crippen molar-refractivity contribution in [3.05, 3.63) is 101 Å². The highest BCUT2D eigenvalue weighted by atomic mass is 32.2. The lowest BCUT2D eigenvalue weighted by Gasteiger charge is -2.32. The SMILES string of the molecule is Cc1ccc(CNC(=O)C2CCC(CN(Cc3cccc(F)c3F)S(=O)(=O)c3ccccc3C(F)(F)F)CC2)cc1. The number of carbonyl (C=O) groups is 1. The molecule has 1 fully saturated rings. The van der Waals surface area contributed by atoms with Crippen molar-refractivity contribution < 1.29 is 35.2 Å². The molecule has 3 aromatic rings. The Morgan fingerprint density at radius 2 is 1.59 bits per heavy atom. The highest BCUT2D eigenvalue weighted by Gasteiger charge is 2.40. The first-order valence-electron chi connectivity index (χ1n) is 13.3. The Morgan fingerprint density at radius 3 is 2.24 bits per heavy atom. The first-order chi connectivity index (χ1) is 19.4. The van der Waals surface area contributed by atoms with E-state index >= 15 is 0 Å². The van der Waals surface area contributed by atoms with Gasteiger partial charge in [-0.3, -0.25) is 4.79 Å². The number of alkyl halides is 3. The molecule has 220 valence electrons. The summed E-state index contributed by atoms with van der Waals surface area (Å²) in [6.45, 7) is 1.50. The zero-order valence-electron chi connectivity index (χ0n) is 22.4. The topological polar surface area (TPSA) is 66.5 Å². The Bertz CT molecular complexity index is 1470. The van der Waals surface area contributed by atoms with Crippen molar-refractivity contribution in [1.82, 2.24) is 9.62 Å². The monoisotopic (exact) mass is 594 g/mol. The van der Waals surface area contributed by atoms with Crippen LogP contribution in [-0.4, -0.2) is 25.2 Å². The Hall–Kier alpha value is -3.31. The lowest BCUT2D eigenvalue weighted by molar-refractivity contribution is -0.140. The van der Waals surface area contributed by atoms with Crippen LogP contribution in [0.25, 0.3) is 0 Å². The van der Waals surface area contributed by atoms with Crippen LogP contribution in [0.3, 0.4) is 0 Å². The smallest absolute Gasteiger partial charge is 0.352 e. The van der Waals surface area contributed by atoms with Gasteiger partial charge in [-0.05, 0) is 62.3 Å². The fraction of sp³-hybridized carbons (Fsp3) is 0.367. The quantitative estimate of drug-likeness (QED) is 0.284. The van der Waals surface area contributed by atoms with E-state index in [-0.39, 0.29) is 29.9 Å². The molecule has 0 unspecified atom stereocenters. The lowest BCUT2D eigenvalue weighted by atomic mass is 9.81. The second-order valence-electron chi connectivity index (χ2n) is 10.4. The molecule has 1 aliphatic rings. The first-order valence-corrected chi connectivity index (χ1v) is 14.7. The third-order valence-corrected chi connectivity index (χ3v) is 9.33. The molecule has 4 rings (SSSR count). The molecule has 1 saturated carbocycles. The highest BCUT2D eigenvalue weighted by molar-refractivity contribution is 7.89. The number of halogens is 5. The maximum Gasteiger partial charge on any atom is 0.417 e. The average molecular weight is 595 g/mol. The van der Waals surface area contributed by atoms with Gasteiger partial charge in [-0.25, -0.2) is 17.2 Å². The van der Waals surface area contributed by atoms with Gasteiger partial charge < -0.3 is 5.32 Å². The van der Waals surface area contributed by atoms with Gasteiger partial charge in [-0.1, -0.05) is 54.1 Å². The summed E-state index contributed by atoms with van der Waals surface area (Å²) in [6.07, 6.45) is -3.12. The number of carbonyl (C=O) groups excluding carboxylic acids is 1. The molecule has 0 aromatic heterocycles. The van der Waals surface area contributed by atoms with E-state index in [1.54, 1.807) is 0 Å². The van der Waals surface area contributed by atoms with Gasteiger partial charge in [0.05, 0.1) is 10.5 Å². The van der Waals surface area contributed by atoms with Gasteiger partial charge in [0.1, 0.15) is 0 Å². The molecule has 3 aromatic carbocycles. The summed E-state index contributed by atoms with van der Waals surface area (Å²) in [4.78, 5) is 11.8. The number of rotatable bonds is 9. The normalized spacial score (nSPS) is 17.9. The third kappa shape index (κ3) is 7.51. The maximum atomic E-state index is 14.5. The molecule has 0 saturated heterocycles. The Morgan fingerprint density at radius 1 is 0.927 bits per heavy atom. The second-order valence-corrected chi connectivity index (χ2v) is 12.3. The predicted octanol–water partition coefficient (Wildman–Crippen LogP) is 6.61. The minimum Gasteiger partial charge on any atom is -0.352 e. The average Bonchev–Trinajstić information content (AvgIpc) is 2.94. The predicted molar refractivity (Wildman–Crippen MR) is 144 cm³/mol. The van der Waals surface area contributed by atoms with Crippen molar-refractivity contribution in [3.63, 3.8) is 0 Å². The van der Waals surface area contributed by atoms with Crippen LogP contribution < -0.4 is 5.32 Å². The fourth-order valence-corrected chi connectivity index (χ4v) is 6.81. The number of benzene rings is 3. The summed E-state index contributed by atoms with van der Waals surface area (Å²) in [5.74, 6) is -3.14. The van der Waals surface area contributed by atoms with Crippen LogP contribution in [0, 0.1) is 30.4 Å². The van der Waals surface area contributed by atoms with Crippen LogP contribution in [0.5, 0.6) is 0 Å². The van der Waals surface area contributed by atoms with E-state index in [1.165, 1.54) is 18.2 Å². The van der Waals surface area contributed by atoms with Crippen molar-refractivity contribution in [3.8, 4) is 0 Å². The van der Waals surface area contributed by atoms with Crippen LogP contribution in [0.2, 0.25) is 0 Å². The van der Waals surface area contributed by atoms with Crippen LogP contribution >= 0.6 is 0 Å². The molecule has 0 aliphatic heterocycles. The number of hydrogen-bond acceptors (Lipinski definition) is 3. The molecular weight excluding hydrogens is 563 g/mol. The number of aryl methyl sites for hydroxylation is 1. The molecule has 0 atom stereocenters. The molecule has 1 amide bonds. The number of nitrogens with zero attached hydrogens (tertiary/aromatic N) is 1. The molecule has 11 heteroatoms. The summed E-state index contributed by atoms with van der Waals surface area (Å²) in [6, 6.07) is 14.9. The van der Waals surface area contributed by atoms with Gasteiger partial charge in [0.2, 0.25) is 15.9 Å². The molecule has 1 aliphatic carbocycles. The number of nitrogens with one attached hydrogen (secondary N) is 1.